The highest BCUT2D eigenvalue weighted by atomic mass is 32.2. The predicted molar refractivity (Wildman–Crippen MR) is 94.3 cm³/mol. The summed E-state index contributed by atoms with van der Waals surface area (Å²) in [5.41, 5.74) is 1.20. The number of nitrogens with one attached hydrogen (secondary N) is 1. The van der Waals surface area contributed by atoms with Crippen LogP contribution >= 0.6 is 11.8 Å². The Hall–Kier alpha value is -2.41. The van der Waals surface area contributed by atoms with Gasteiger partial charge in [0.15, 0.2) is 0 Å². The lowest BCUT2D eigenvalue weighted by molar-refractivity contribution is 0.585. The van der Waals surface area contributed by atoms with Gasteiger partial charge in [-0.1, -0.05) is 0 Å². The summed E-state index contributed by atoms with van der Waals surface area (Å²) in [5, 5.41) is 0.410. The lowest BCUT2D eigenvalue weighted by atomic mass is 9.97. The summed E-state index contributed by atoms with van der Waals surface area (Å²) in [6.07, 6.45) is 0.755. The molecule has 128 valence electrons. The first-order valence-electron chi connectivity index (χ1n) is 7.86. The summed E-state index contributed by atoms with van der Waals surface area (Å²) >= 11 is 1.50. The summed E-state index contributed by atoms with van der Waals surface area (Å²) in [7, 11) is 0. The molecule has 0 saturated heterocycles. The fraction of sp³-hybridized carbons (Fsp3) is 0.222. The molecule has 1 N–H and O–H groups in total. The van der Waals surface area contributed by atoms with Gasteiger partial charge in [-0.25, -0.2) is 13.6 Å². The van der Waals surface area contributed by atoms with Gasteiger partial charge < -0.3 is 0 Å². The smallest absolute Gasteiger partial charge is 0.292 e. The van der Waals surface area contributed by atoms with E-state index < -0.39 is 22.9 Å². The number of hydrogen-bond donors (Lipinski definition) is 1. The predicted octanol–water partition coefficient (Wildman–Crippen LogP) is 3.44. The molecule has 0 aliphatic carbocycles. The van der Waals surface area contributed by atoms with Gasteiger partial charge in [0.2, 0.25) is 0 Å². The Balaban J connectivity index is 2.19. The Morgan fingerprint density at radius 3 is 2.76 bits per heavy atom. The van der Waals surface area contributed by atoms with Crippen LogP contribution in [0.1, 0.15) is 12.0 Å². The van der Waals surface area contributed by atoms with Crippen molar-refractivity contribution >= 4 is 22.7 Å². The average Bonchev–Trinajstić information content (AvgIpc) is 2.77. The number of aromatic nitrogens is 2. The first kappa shape index (κ1) is 16.1. The van der Waals surface area contributed by atoms with Crippen LogP contribution in [0.25, 0.3) is 22.0 Å². The number of rotatable bonds is 1. The second-order valence-corrected chi connectivity index (χ2v) is 7.14. The molecule has 0 unspecified atom stereocenters. The van der Waals surface area contributed by atoms with Crippen molar-refractivity contribution in [2.24, 2.45) is 0 Å². The molecule has 0 amide bonds. The van der Waals surface area contributed by atoms with Crippen LogP contribution in [0.4, 0.5) is 8.78 Å². The molecule has 7 heteroatoms. The van der Waals surface area contributed by atoms with Gasteiger partial charge in [0.05, 0.1) is 10.9 Å². The summed E-state index contributed by atoms with van der Waals surface area (Å²) in [6.45, 7) is 2.27. The number of halogens is 2. The maximum absolute atomic E-state index is 14.4. The molecule has 1 aliphatic rings. The van der Waals surface area contributed by atoms with Crippen LogP contribution in [0.2, 0.25) is 0 Å². The second-order valence-electron chi connectivity index (χ2n) is 6.03. The molecular weight excluding hydrogens is 346 g/mol. The molecule has 25 heavy (non-hydrogen) atoms. The molecule has 2 aromatic carbocycles. The molecule has 0 spiro atoms. The van der Waals surface area contributed by atoms with Gasteiger partial charge in [0, 0.05) is 28.6 Å². The quantitative estimate of drug-likeness (QED) is 0.723. The van der Waals surface area contributed by atoms with Crippen LogP contribution in [0.15, 0.2) is 38.8 Å². The number of hydrogen-bond acceptors (Lipinski definition) is 3. The molecule has 2 heterocycles. The summed E-state index contributed by atoms with van der Waals surface area (Å²) in [4.78, 5) is 27.6. The standard InChI is InChI=1S/C18H14F2N2O2S/c1-9-7-12-15-16(14(9)11-4-3-10(19)8-13(11)20)25-6-2-5-22(15)18(24)21-17(12)23/h3-4,7-8H,2,5-6H2,1H3,(H,21,23,24). The molecule has 0 bridgehead atoms. The topological polar surface area (TPSA) is 54.9 Å². The monoisotopic (exact) mass is 360 g/mol. The van der Waals surface area contributed by atoms with Gasteiger partial charge in [-0.15, -0.1) is 11.8 Å². The van der Waals surface area contributed by atoms with Gasteiger partial charge in [0.25, 0.3) is 5.56 Å². The Bertz CT molecular complexity index is 1130. The highest BCUT2D eigenvalue weighted by Crippen LogP contribution is 2.41. The molecule has 0 saturated carbocycles. The zero-order chi connectivity index (χ0) is 17.7. The molecule has 0 fully saturated rings. The van der Waals surface area contributed by atoms with Crippen molar-refractivity contribution in [3.05, 3.63) is 62.3 Å². The maximum atomic E-state index is 14.4. The van der Waals surface area contributed by atoms with Crippen LogP contribution in [-0.4, -0.2) is 15.3 Å². The van der Waals surface area contributed by atoms with E-state index in [-0.39, 0.29) is 5.56 Å². The number of benzene rings is 2. The highest BCUT2D eigenvalue weighted by molar-refractivity contribution is 7.99. The summed E-state index contributed by atoms with van der Waals surface area (Å²) in [6, 6.07) is 5.12. The Kier molecular flexibility index (Phi) is 3.76. The zero-order valence-corrected chi connectivity index (χ0v) is 14.2. The number of thioether (sulfide) groups is 1. The van der Waals surface area contributed by atoms with E-state index in [1.165, 1.54) is 28.5 Å². The second kappa shape index (κ2) is 5.84. The maximum Gasteiger partial charge on any atom is 0.328 e. The third kappa shape index (κ3) is 2.50. The minimum atomic E-state index is -0.665. The van der Waals surface area contributed by atoms with Gasteiger partial charge in [-0.2, -0.15) is 0 Å². The average molecular weight is 360 g/mol. The molecule has 4 rings (SSSR count). The largest absolute Gasteiger partial charge is 0.328 e. The highest BCUT2D eigenvalue weighted by Gasteiger charge is 2.22. The van der Waals surface area contributed by atoms with Gasteiger partial charge in [-0.05, 0) is 42.9 Å². The van der Waals surface area contributed by atoms with Gasteiger partial charge in [-0.3, -0.25) is 14.3 Å². The lowest BCUT2D eigenvalue weighted by Gasteiger charge is -2.16. The fourth-order valence-corrected chi connectivity index (χ4v) is 4.58. The van der Waals surface area contributed by atoms with Crippen molar-refractivity contribution < 1.29 is 8.78 Å². The van der Waals surface area contributed by atoms with Crippen LogP contribution in [0, 0.1) is 18.6 Å². The normalized spacial score (nSPS) is 13.9. The van der Waals surface area contributed by atoms with E-state index in [0.29, 0.717) is 33.5 Å². The third-order valence-electron chi connectivity index (χ3n) is 4.41. The first-order chi connectivity index (χ1) is 12.0. The van der Waals surface area contributed by atoms with Crippen molar-refractivity contribution in [2.45, 2.75) is 24.8 Å². The molecule has 1 aromatic heterocycles. The third-order valence-corrected chi connectivity index (χ3v) is 5.58. The number of nitrogens with zero attached hydrogens (tertiary/aromatic N) is 1. The van der Waals surface area contributed by atoms with Gasteiger partial charge in [0.1, 0.15) is 11.6 Å². The summed E-state index contributed by atoms with van der Waals surface area (Å²) in [5.74, 6) is -0.571. The van der Waals surface area contributed by atoms with Crippen molar-refractivity contribution in [1.29, 1.82) is 0 Å². The van der Waals surface area contributed by atoms with E-state index in [9.17, 15) is 18.4 Å². The van der Waals surface area contributed by atoms with E-state index >= 15 is 0 Å². The minimum Gasteiger partial charge on any atom is -0.292 e. The first-order valence-corrected chi connectivity index (χ1v) is 8.84. The number of aromatic amines is 1. The fourth-order valence-electron chi connectivity index (χ4n) is 3.33. The Labute approximate surface area is 145 Å². The molecule has 4 nitrogen and oxygen atoms in total. The number of H-pyrrole nitrogens is 1. The van der Waals surface area contributed by atoms with E-state index in [2.05, 4.69) is 4.98 Å². The Morgan fingerprint density at radius 2 is 2.00 bits per heavy atom. The van der Waals surface area contributed by atoms with Crippen molar-refractivity contribution in [2.75, 3.05) is 5.75 Å². The molecule has 1 aliphatic heterocycles. The van der Waals surface area contributed by atoms with E-state index in [1.54, 1.807) is 13.0 Å². The number of aryl methyl sites for hydroxylation is 2. The van der Waals surface area contributed by atoms with Crippen molar-refractivity contribution in [3.63, 3.8) is 0 Å². The van der Waals surface area contributed by atoms with Gasteiger partial charge >= 0.3 is 5.69 Å². The van der Waals surface area contributed by atoms with Crippen LogP contribution in [-0.2, 0) is 6.54 Å². The summed E-state index contributed by atoms with van der Waals surface area (Å²) < 4.78 is 29.3. The molecule has 0 radical (unpaired) electrons. The van der Waals surface area contributed by atoms with E-state index in [0.717, 1.165) is 18.2 Å². The van der Waals surface area contributed by atoms with Crippen LogP contribution in [0.5, 0.6) is 0 Å². The minimum absolute atomic E-state index is 0.268. The lowest BCUT2D eigenvalue weighted by Crippen LogP contribution is -2.30. The molecule has 3 aromatic rings. The van der Waals surface area contributed by atoms with E-state index in [4.69, 9.17) is 0 Å². The molecule has 0 atom stereocenters. The molecular formula is C18H14F2N2O2S. The van der Waals surface area contributed by atoms with Crippen molar-refractivity contribution in [3.8, 4) is 11.1 Å². The van der Waals surface area contributed by atoms with Crippen LogP contribution in [0.3, 0.4) is 0 Å². The van der Waals surface area contributed by atoms with Crippen molar-refractivity contribution in [1.82, 2.24) is 9.55 Å². The Morgan fingerprint density at radius 1 is 1.20 bits per heavy atom. The SMILES string of the molecule is Cc1cc2c(=O)[nH]c(=O)n3c2c(c1-c1ccc(F)cc1F)SCCC3. The van der Waals surface area contributed by atoms with E-state index in [1.807, 2.05) is 0 Å². The zero-order valence-electron chi connectivity index (χ0n) is 13.4. The van der Waals surface area contributed by atoms with Crippen LogP contribution < -0.4 is 11.2 Å².